The topological polar surface area (TPSA) is 15.3 Å². The minimum atomic E-state index is 0.614. The molecule has 1 aliphatic heterocycles. The van der Waals surface area contributed by atoms with Crippen LogP contribution in [-0.4, -0.2) is 30.6 Å². The lowest BCUT2D eigenvalue weighted by Gasteiger charge is -2.40. The molecule has 0 radical (unpaired) electrons. The Kier molecular flexibility index (Phi) is 4.79. The monoisotopic (exact) mass is 292 g/mol. The lowest BCUT2D eigenvalue weighted by molar-refractivity contribution is 0.110. The molecule has 3 rings (SSSR count). The van der Waals surface area contributed by atoms with E-state index in [1.54, 1.807) is 10.4 Å². The van der Waals surface area contributed by atoms with E-state index in [9.17, 15) is 0 Å². The molecule has 0 saturated carbocycles. The molecule has 0 spiro atoms. The Morgan fingerprint density at radius 2 is 2.25 bits per heavy atom. The van der Waals surface area contributed by atoms with Crippen molar-refractivity contribution in [2.24, 2.45) is 5.92 Å². The van der Waals surface area contributed by atoms with Gasteiger partial charge in [0.15, 0.2) is 0 Å². The molecular formula is C17H28N2S. The number of thiophene rings is 1. The third kappa shape index (κ3) is 3.26. The first-order chi connectivity index (χ1) is 9.74. The van der Waals surface area contributed by atoms with Crippen LogP contribution in [0, 0.1) is 5.92 Å². The van der Waals surface area contributed by atoms with Crippen LogP contribution in [0.3, 0.4) is 0 Å². The molecule has 0 bridgehead atoms. The summed E-state index contributed by atoms with van der Waals surface area (Å²) in [6, 6.07) is 3.72. The molecule has 20 heavy (non-hydrogen) atoms. The number of rotatable bonds is 4. The predicted molar refractivity (Wildman–Crippen MR) is 87.4 cm³/mol. The summed E-state index contributed by atoms with van der Waals surface area (Å²) in [5, 5.41) is 5.92. The van der Waals surface area contributed by atoms with Gasteiger partial charge < -0.3 is 5.32 Å². The molecule has 0 aromatic carbocycles. The molecule has 2 unspecified atom stereocenters. The molecule has 1 N–H and O–H groups in total. The lowest BCUT2D eigenvalue weighted by atomic mass is 9.89. The maximum atomic E-state index is 3.63. The zero-order valence-corrected chi connectivity index (χ0v) is 13.7. The van der Waals surface area contributed by atoms with Crippen molar-refractivity contribution in [3.63, 3.8) is 0 Å². The Morgan fingerprint density at radius 1 is 1.35 bits per heavy atom. The quantitative estimate of drug-likeness (QED) is 0.907. The van der Waals surface area contributed by atoms with Gasteiger partial charge in [0.2, 0.25) is 0 Å². The van der Waals surface area contributed by atoms with Crippen LogP contribution in [0.5, 0.6) is 0 Å². The Bertz CT molecular complexity index is 426. The molecule has 2 nitrogen and oxygen atoms in total. The van der Waals surface area contributed by atoms with Gasteiger partial charge in [-0.25, -0.2) is 0 Å². The normalized spacial score (nSPS) is 27.8. The molecule has 112 valence electrons. The number of likely N-dealkylation sites (tertiary alicyclic amines) is 1. The summed E-state index contributed by atoms with van der Waals surface area (Å²) in [4.78, 5) is 4.43. The van der Waals surface area contributed by atoms with Crippen LogP contribution in [0.2, 0.25) is 0 Å². The van der Waals surface area contributed by atoms with Crippen molar-refractivity contribution in [2.45, 2.75) is 58.0 Å². The van der Waals surface area contributed by atoms with Gasteiger partial charge in [-0.2, -0.15) is 0 Å². The van der Waals surface area contributed by atoms with Gasteiger partial charge in [0, 0.05) is 23.5 Å². The van der Waals surface area contributed by atoms with Gasteiger partial charge in [0.25, 0.3) is 0 Å². The van der Waals surface area contributed by atoms with E-state index in [0.717, 1.165) is 5.92 Å². The molecule has 1 aliphatic carbocycles. The minimum Gasteiger partial charge on any atom is -0.314 e. The van der Waals surface area contributed by atoms with E-state index in [0.29, 0.717) is 12.1 Å². The molecule has 1 aromatic heterocycles. The van der Waals surface area contributed by atoms with Crippen LogP contribution >= 0.6 is 11.3 Å². The van der Waals surface area contributed by atoms with Crippen LogP contribution < -0.4 is 5.32 Å². The third-order valence-electron chi connectivity index (χ3n) is 4.83. The van der Waals surface area contributed by atoms with Gasteiger partial charge >= 0.3 is 0 Å². The first kappa shape index (κ1) is 14.6. The van der Waals surface area contributed by atoms with E-state index in [-0.39, 0.29) is 0 Å². The lowest BCUT2D eigenvalue weighted by Crippen LogP contribution is -2.43. The highest BCUT2D eigenvalue weighted by Gasteiger charge is 2.30. The standard InChI is InChI=1S/C17H28N2S/c1-13(2)18-11-14-5-4-9-19(12-14)16-6-3-7-17-15(16)8-10-20-17/h8,10,13-14,16,18H,3-7,9,11-12H2,1-2H3. The van der Waals surface area contributed by atoms with Crippen molar-refractivity contribution in [3.8, 4) is 0 Å². The zero-order chi connectivity index (χ0) is 13.9. The highest BCUT2D eigenvalue weighted by molar-refractivity contribution is 7.10. The molecule has 1 fully saturated rings. The van der Waals surface area contributed by atoms with E-state index < -0.39 is 0 Å². The van der Waals surface area contributed by atoms with Crippen LogP contribution in [0.15, 0.2) is 11.4 Å². The molecule has 3 heteroatoms. The smallest absolute Gasteiger partial charge is 0.0359 e. The average Bonchev–Trinajstić information content (AvgIpc) is 2.93. The largest absolute Gasteiger partial charge is 0.314 e. The molecule has 1 saturated heterocycles. The second kappa shape index (κ2) is 6.59. The maximum Gasteiger partial charge on any atom is 0.0359 e. The Hall–Kier alpha value is -0.380. The van der Waals surface area contributed by atoms with Gasteiger partial charge in [-0.3, -0.25) is 4.90 Å². The highest BCUT2D eigenvalue weighted by atomic mass is 32.1. The summed E-state index contributed by atoms with van der Waals surface area (Å²) in [6.07, 6.45) is 6.84. The van der Waals surface area contributed by atoms with Crippen molar-refractivity contribution in [3.05, 3.63) is 21.9 Å². The Morgan fingerprint density at radius 3 is 3.10 bits per heavy atom. The van der Waals surface area contributed by atoms with Crippen molar-refractivity contribution in [1.29, 1.82) is 0 Å². The Balaban J connectivity index is 1.63. The van der Waals surface area contributed by atoms with Gasteiger partial charge in [0.1, 0.15) is 0 Å². The molecule has 0 amide bonds. The summed E-state index contributed by atoms with van der Waals surface area (Å²) in [5.41, 5.74) is 1.65. The van der Waals surface area contributed by atoms with Crippen LogP contribution in [0.4, 0.5) is 0 Å². The minimum absolute atomic E-state index is 0.614. The van der Waals surface area contributed by atoms with Gasteiger partial charge in [-0.15, -0.1) is 11.3 Å². The maximum absolute atomic E-state index is 3.63. The average molecular weight is 292 g/mol. The van der Waals surface area contributed by atoms with E-state index in [2.05, 4.69) is 35.5 Å². The summed E-state index contributed by atoms with van der Waals surface area (Å²) in [7, 11) is 0. The molecule has 2 aliphatic rings. The van der Waals surface area contributed by atoms with Gasteiger partial charge in [-0.1, -0.05) is 13.8 Å². The fraction of sp³-hybridized carbons (Fsp3) is 0.765. The first-order valence-corrected chi connectivity index (χ1v) is 9.15. The molecule has 2 heterocycles. The number of fused-ring (bicyclic) bond motifs is 1. The van der Waals surface area contributed by atoms with Crippen LogP contribution in [0.25, 0.3) is 0 Å². The first-order valence-electron chi connectivity index (χ1n) is 8.27. The number of aryl methyl sites for hydroxylation is 1. The Labute approximate surface area is 127 Å². The van der Waals surface area contributed by atoms with Gasteiger partial charge in [0.05, 0.1) is 0 Å². The van der Waals surface area contributed by atoms with Crippen molar-refractivity contribution in [2.75, 3.05) is 19.6 Å². The zero-order valence-electron chi connectivity index (χ0n) is 12.9. The molecule has 1 aromatic rings. The number of hydrogen-bond acceptors (Lipinski definition) is 3. The summed E-state index contributed by atoms with van der Waals surface area (Å²) < 4.78 is 0. The second-order valence-electron chi connectivity index (χ2n) is 6.77. The van der Waals surface area contributed by atoms with E-state index in [1.165, 1.54) is 51.7 Å². The fourth-order valence-corrected chi connectivity index (χ4v) is 4.77. The summed E-state index contributed by atoms with van der Waals surface area (Å²) in [6.45, 7) is 8.29. The number of hydrogen-bond donors (Lipinski definition) is 1. The molecular weight excluding hydrogens is 264 g/mol. The van der Waals surface area contributed by atoms with E-state index >= 15 is 0 Å². The number of nitrogens with zero attached hydrogens (tertiary/aromatic N) is 1. The summed E-state index contributed by atoms with van der Waals surface area (Å²) in [5.74, 6) is 0.843. The van der Waals surface area contributed by atoms with E-state index in [1.807, 2.05) is 11.3 Å². The van der Waals surface area contributed by atoms with Crippen molar-refractivity contribution in [1.82, 2.24) is 10.2 Å². The highest BCUT2D eigenvalue weighted by Crippen LogP contribution is 2.38. The second-order valence-corrected chi connectivity index (χ2v) is 7.77. The third-order valence-corrected chi connectivity index (χ3v) is 5.82. The number of nitrogens with one attached hydrogen (secondary N) is 1. The van der Waals surface area contributed by atoms with Crippen LogP contribution in [-0.2, 0) is 6.42 Å². The van der Waals surface area contributed by atoms with Crippen LogP contribution in [0.1, 0.15) is 56.0 Å². The van der Waals surface area contributed by atoms with Crippen molar-refractivity contribution >= 4 is 11.3 Å². The van der Waals surface area contributed by atoms with Crippen molar-refractivity contribution < 1.29 is 0 Å². The predicted octanol–water partition coefficient (Wildman–Crippen LogP) is 3.84. The fourth-order valence-electron chi connectivity index (χ4n) is 3.79. The number of piperidine rings is 1. The SMILES string of the molecule is CC(C)NCC1CCCN(C2CCCc3sccc32)C1. The molecule has 2 atom stereocenters. The van der Waals surface area contributed by atoms with E-state index in [4.69, 9.17) is 0 Å². The summed E-state index contributed by atoms with van der Waals surface area (Å²) >= 11 is 1.97. The van der Waals surface area contributed by atoms with Gasteiger partial charge in [-0.05, 0) is 68.1 Å².